The standard InChI is InChI=1S/C32H29N7O2/c1-20(35-31(40)28-21(2)36-38-17-9-16-33-30(28)38)27-18-24-11-8-10-23(14-15-26-19-34-22(3)37(26)4)29(24)32(41)39(27)25-12-6-5-7-13-25/h5-18,20H,19H2,1-4H3/p+1/b15-14+/t20-/m1/s1. The number of benzene rings is 2. The van der Waals surface area contributed by atoms with Crippen molar-refractivity contribution >= 4 is 40.0 Å². The highest BCUT2D eigenvalue weighted by Crippen LogP contribution is 2.25. The van der Waals surface area contributed by atoms with Crippen LogP contribution in [0, 0.1) is 6.92 Å². The lowest BCUT2D eigenvalue weighted by Gasteiger charge is -2.21. The molecule has 0 aliphatic carbocycles. The van der Waals surface area contributed by atoms with E-state index in [2.05, 4.69) is 20.4 Å². The fourth-order valence-corrected chi connectivity index (χ4v) is 5.28. The molecule has 0 fully saturated rings. The van der Waals surface area contributed by atoms with Gasteiger partial charge in [0.2, 0.25) is 0 Å². The molecule has 204 valence electrons. The molecule has 0 radical (unpaired) electrons. The van der Waals surface area contributed by atoms with E-state index in [0.29, 0.717) is 34.5 Å². The monoisotopic (exact) mass is 544 g/mol. The number of amides is 1. The maximum Gasteiger partial charge on any atom is 0.289 e. The number of rotatable bonds is 6. The van der Waals surface area contributed by atoms with Crippen molar-refractivity contribution in [2.45, 2.75) is 26.8 Å². The van der Waals surface area contributed by atoms with E-state index in [4.69, 9.17) is 0 Å². The molecule has 2 aromatic carbocycles. The maximum atomic E-state index is 14.3. The Morgan fingerprint density at radius 2 is 1.88 bits per heavy atom. The van der Waals surface area contributed by atoms with Crippen molar-refractivity contribution in [2.24, 2.45) is 4.99 Å². The minimum Gasteiger partial charge on any atom is -0.344 e. The van der Waals surface area contributed by atoms with Crippen molar-refractivity contribution in [3.8, 4) is 5.69 Å². The Balaban J connectivity index is 1.46. The number of aromatic nitrogens is 4. The average molecular weight is 545 g/mol. The van der Waals surface area contributed by atoms with Crippen LogP contribution in [0.2, 0.25) is 0 Å². The lowest BCUT2D eigenvalue weighted by Crippen LogP contribution is -2.32. The number of amidine groups is 1. The van der Waals surface area contributed by atoms with Crippen LogP contribution in [0.5, 0.6) is 0 Å². The van der Waals surface area contributed by atoms with Gasteiger partial charge in [-0.05, 0) is 55.1 Å². The van der Waals surface area contributed by atoms with Crippen LogP contribution in [0.25, 0.3) is 28.2 Å². The lowest BCUT2D eigenvalue weighted by molar-refractivity contribution is -0.367. The molecule has 0 spiro atoms. The first-order valence-corrected chi connectivity index (χ1v) is 13.5. The third-order valence-electron chi connectivity index (χ3n) is 7.55. The summed E-state index contributed by atoms with van der Waals surface area (Å²) in [6, 6.07) is 18.6. The van der Waals surface area contributed by atoms with Gasteiger partial charge in [0.15, 0.2) is 12.2 Å². The molecular weight excluding hydrogens is 514 g/mol. The molecular formula is C32H30N7O2+. The van der Waals surface area contributed by atoms with Crippen LogP contribution in [0.15, 0.2) is 88.9 Å². The number of pyridine rings is 1. The summed E-state index contributed by atoms with van der Waals surface area (Å²) in [7, 11) is 1.99. The predicted octanol–water partition coefficient (Wildman–Crippen LogP) is 4.36. The average Bonchev–Trinajstić information content (AvgIpc) is 3.49. The van der Waals surface area contributed by atoms with Crippen LogP contribution in [0.1, 0.15) is 47.2 Å². The topological polar surface area (TPSA) is 96.7 Å². The van der Waals surface area contributed by atoms with Crippen molar-refractivity contribution in [1.29, 1.82) is 0 Å². The minimum atomic E-state index is -0.500. The number of nitrogens with zero attached hydrogens (tertiary/aromatic N) is 6. The SMILES string of the molecule is CC1=NCC(/C=C/c2cccc3cc([C@@H](C)NC(=O)c4c(C)nn5cccnc45)n(-c4ccccc4)c(=O)c23)=[N+]1C. The number of carbonyl (C=O) groups excluding carboxylic acids is 1. The zero-order valence-corrected chi connectivity index (χ0v) is 23.4. The third-order valence-corrected chi connectivity index (χ3v) is 7.55. The van der Waals surface area contributed by atoms with Crippen molar-refractivity contribution in [2.75, 3.05) is 13.6 Å². The number of hydrogen-bond donors (Lipinski definition) is 1. The molecule has 0 bridgehead atoms. The largest absolute Gasteiger partial charge is 0.344 e. The molecule has 0 saturated heterocycles. The number of hydrogen-bond acceptors (Lipinski definition) is 5. The Morgan fingerprint density at radius 3 is 2.63 bits per heavy atom. The van der Waals surface area contributed by atoms with Gasteiger partial charge < -0.3 is 5.32 Å². The van der Waals surface area contributed by atoms with Crippen LogP contribution in [0.3, 0.4) is 0 Å². The van der Waals surface area contributed by atoms with Gasteiger partial charge in [0.05, 0.1) is 24.2 Å². The normalized spacial score (nSPS) is 14.3. The molecule has 4 heterocycles. The van der Waals surface area contributed by atoms with Crippen molar-refractivity contribution in [1.82, 2.24) is 24.5 Å². The van der Waals surface area contributed by atoms with Crippen LogP contribution < -0.4 is 10.9 Å². The van der Waals surface area contributed by atoms with Crippen LogP contribution >= 0.6 is 0 Å². The number of carbonyl (C=O) groups is 1. The number of aryl methyl sites for hydroxylation is 1. The van der Waals surface area contributed by atoms with Gasteiger partial charge in [-0.3, -0.25) is 14.2 Å². The highest BCUT2D eigenvalue weighted by molar-refractivity contribution is 6.04. The summed E-state index contributed by atoms with van der Waals surface area (Å²) in [4.78, 5) is 36.6. The highest BCUT2D eigenvalue weighted by Gasteiger charge is 2.24. The van der Waals surface area contributed by atoms with E-state index >= 15 is 0 Å². The first kappa shape index (κ1) is 26.1. The summed E-state index contributed by atoms with van der Waals surface area (Å²) >= 11 is 0. The predicted molar refractivity (Wildman–Crippen MR) is 161 cm³/mol. The number of fused-ring (bicyclic) bond motifs is 2. The molecule has 0 unspecified atom stereocenters. The Morgan fingerprint density at radius 1 is 1.07 bits per heavy atom. The molecule has 6 rings (SSSR count). The van der Waals surface area contributed by atoms with E-state index in [1.807, 2.05) is 92.2 Å². The number of aliphatic imine (C=N–C) groups is 1. The molecule has 1 aliphatic heterocycles. The van der Waals surface area contributed by atoms with Crippen molar-refractivity contribution in [3.05, 3.63) is 112 Å². The summed E-state index contributed by atoms with van der Waals surface area (Å²) < 4.78 is 5.33. The first-order valence-electron chi connectivity index (χ1n) is 13.5. The third kappa shape index (κ3) is 4.65. The van der Waals surface area contributed by atoms with Crippen LogP contribution in [-0.2, 0) is 0 Å². The van der Waals surface area contributed by atoms with Gasteiger partial charge in [-0.15, -0.1) is 0 Å². The Hall–Kier alpha value is -5.18. The zero-order valence-electron chi connectivity index (χ0n) is 23.4. The molecule has 9 heteroatoms. The van der Waals surface area contributed by atoms with E-state index in [0.717, 1.165) is 28.2 Å². The maximum absolute atomic E-state index is 14.3. The van der Waals surface area contributed by atoms with Gasteiger partial charge in [-0.1, -0.05) is 47.5 Å². The fraction of sp³-hybridized carbons (Fsp3) is 0.188. The Kier molecular flexibility index (Phi) is 6.62. The number of nitrogens with one attached hydrogen (secondary N) is 1. The summed E-state index contributed by atoms with van der Waals surface area (Å²) in [5.41, 5.74) is 4.58. The Labute approximate surface area is 236 Å². The second kappa shape index (κ2) is 10.4. The molecule has 1 N–H and O–H groups in total. The molecule has 1 amide bonds. The zero-order chi connectivity index (χ0) is 28.7. The smallest absolute Gasteiger partial charge is 0.289 e. The van der Waals surface area contributed by atoms with Crippen molar-refractivity contribution < 1.29 is 9.37 Å². The number of para-hydroxylation sites is 1. The lowest BCUT2D eigenvalue weighted by atomic mass is 10.0. The second-order valence-corrected chi connectivity index (χ2v) is 10.1. The van der Waals surface area contributed by atoms with Gasteiger partial charge in [-0.25, -0.2) is 14.1 Å². The molecule has 0 saturated carbocycles. The minimum absolute atomic E-state index is 0.156. The van der Waals surface area contributed by atoms with E-state index < -0.39 is 6.04 Å². The van der Waals surface area contributed by atoms with Crippen molar-refractivity contribution in [3.63, 3.8) is 0 Å². The Bertz CT molecular complexity index is 1980. The molecule has 41 heavy (non-hydrogen) atoms. The molecule has 9 nitrogen and oxygen atoms in total. The highest BCUT2D eigenvalue weighted by atomic mass is 16.2. The van der Waals surface area contributed by atoms with Gasteiger partial charge in [-0.2, -0.15) is 5.10 Å². The van der Waals surface area contributed by atoms with Gasteiger partial charge in [0.25, 0.3) is 17.3 Å². The van der Waals surface area contributed by atoms with Gasteiger partial charge in [0.1, 0.15) is 11.3 Å². The quantitative estimate of drug-likeness (QED) is 0.321. The summed E-state index contributed by atoms with van der Waals surface area (Å²) in [5.74, 6) is 0.660. The summed E-state index contributed by atoms with van der Waals surface area (Å²) in [6.07, 6.45) is 7.39. The van der Waals surface area contributed by atoms with E-state index in [9.17, 15) is 9.59 Å². The molecule has 5 aromatic rings. The fourth-order valence-electron chi connectivity index (χ4n) is 5.28. The second-order valence-electron chi connectivity index (χ2n) is 10.1. The molecule has 1 atom stereocenters. The first-order chi connectivity index (χ1) is 19.8. The molecule has 3 aromatic heterocycles. The summed E-state index contributed by atoms with van der Waals surface area (Å²) in [5, 5.41) is 8.92. The van der Waals surface area contributed by atoms with Crippen LogP contribution in [-0.4, -0.2) is 54.8 Å². The van der Waals surface area contributed by atoms with Gasteiger partial charge in [0, 0.05) is 30.7 Å². The summed E-state index contributed by atoms with van der Waals surface area (Å²) in [6.45, 7) is 6.26. The van der Waals surface area contributed by atoms with E-state index in [1.165, 1.54) is 0 Å². The van der Waals surface area contributed by atoms with E-state index in [-0.39, 0.29) is 11.5 Å². The van der Waals surface area contributed by atoms with E-state index in [1.54, 1.807) is 34.5 Å². The molecule has 1 aliphatic rings. The van der Waals surface area contributed by atoms with Crippen LogP contribution in [0.4, 0.5) is 0 Å². The van der Waals surface area contributed by atoms with Gasteiger partial charge >= 0.3 is 0 Å².